The van der Waals surface area contributed by atoms with E-state index in [2.05, 4.69) is 10.2 Å². The molecule has 2 heterocycles. The minimum atomic E-state index is -0.385. The molecule has 0 N–H and O–H groups in total. The number of carbonyl (C=O) groups is 1. The van der Waals surface area contributed by atoms with E-state index in [1.807, 2.05) is 31.3 Å². The van der Waals surface area contributed by atoms with Crippen LogP contribution in [0.5, 0.6) is 0 Å². The van der Waals surface area contributed by atoms with E-state index >= 15 is 0 Å². The van der Waals surface area contributed by atoms with E-state index in [0.717, 1.165) is 16.6 Å². The number of aryl methyl sites for hydroxylation is 1. The minimum Gasteiger partial charge on any atom is -0.462 e. The third kappa shape index (κ3) is 3.68. The van der Waals surface area contributed by atoms with Crippen molar-refractivity contribution < 1.29 is 13.9 Å². The number of fused-ring (bicyclic) bond motifs is 1. The van der Waals surface area contributed by atoms with Crippen molar-refractivity contribution in [3.05, 3.63) is 75.9 Å². The van der Waals surface area contributed by atoms with Crippen molar-refractivity contribution in [3.63, 3.8) is 0 Å². The van der Waals surface area contributed by atoms with Crippen LogP contribution in [0.25, 0.3) is 16.6 Å². The zero-order chi connectivity index (χ0) is 21.4. The Labute approximate surface area is 177 Å². The summed E-state index contributed by atoms with van der Waals surface area (Å²) < 4.78 is 22.3. The highest BCUT2D eigenvalue weighted by Crippen LogP contribution is 2.26. The Morgan fingerprint density at radius 1 is 1.20 bits per heavy atom. The maximum atomic E-state index is 13.7. The van der Waals surface area contributed by atoms with Crippen LogP contribution in [0.4, 0.5) is 4.39 Å². The fourth-order valence-corrected chi connectivity index (χ4v) is 3.85. The number of esters is 1. The van der Waals surface area contributed by atoms with E-state index in [1.54, 1.807) is 29.3 Å². The highest BCUT2D eigenvalue weighted by Gasteiger charge is 2.21. The van der Waals surface area contributed by atoms with Gasteiger partial charge >= 0.3 is 5.97 Å². The fourth-order valence-electron chi connectivity index (χ4n) is 3.61. The summed E-state index contributed by atoms with van der Waals surface area (Å²) in [5, 5.41) is 10.4. The summed E-state index contributed by atoms with van der Waals surface area (Å²) >= 11 is 5.96. The first kappa shape index (κ1) is 20.1. The van der Waals surface area contributed by atoms with E-state index in [1.165, 1.54) is 12.1 Å². The van der Waals surface area contributed by atoms with Gasteiger partial charge in [-0.2, -0.15) is 10.2 Å². The van der Waals surface area contributed by atoms with Gasteiger partial charge in [-0.15, -0.1) is 0 Å². The zero-order valence-corrected chi connectivity index (χ0v) is 17.6. The van der Waals surface area contributed by atoms with Crippen molar-refractivity contribution in [2.45, 2.75) is 27.3 Å². The predicted molar refractivity (Wildman–Crippen MR) is 113 cm³/mol. The molecule has 0 aliphatic heterocycles. The normalized spacial score (nSPS) is 11.2. The van der Waals surface area contributed by atoms with Gasteiger partial charge in [-0.25, -0.2) is 13.9 Å². The van der Waals surface area contributed by atoms with Crippen molar-refractivity contribution in [1.29, 1.82) is 0 Å². The van der Waals surface area contributed by atoms with Crippen LogP contribution in [0.1, 0.15) is 34.2 Å². The Morgan fingerprint density at radius 2 is 2.00 bits per heavy atom. The molecule has 0 atom stereocenters. The SMILES string of the molecule is CCOC(=O)c1c(C)nn(-c2cccc3nn(Cc4cc(F)cc(Cl)c4)cc23)c1C. The molecular formula is C22H20ClFN4O2. The maximum absolute atomic E-state index is 13.7. The van der Waals surface area contributed by atoms with Crippen molar-refractivity contribution in [3.8, 4) is 5.69 Å². The molecule has 2 aromatic heterocycles. The first-order valence-electron chi connectivity index (χ1n) is 9.52. The van der Waals surface area contributed by atoms with Gasteiger partial charge in [-0.1, -0.05) is 17.7 Å². The summed E-state index contributed by atoms with van der Waals surface area (Å²) in [6.45, 7) is 6.07. The second-order valence-corrected chi connectivity index (χ2v) is 7.43. The second kappa shape index (κ2) is 7.91. The van der Waals surface area contributed by atoms with Gasteiger partial charge in [0.05, 0.1) is 35.7 Å². The summed E-state index contributed by atoms with van der Waals surface area (Å²) in [6.07, 6.45) is 1.88. The van der Waals surface area contributed by atoms with Gasteiger partial charge in [-0.05, 0) is 56.7 Å². The molecule has 4 aromatic rings. The Bertz CT molecular complexity index is 1240. The third-order valence-corrected chi connectivity index (χ3v) is 5.06. The smallest absolute Gasteiger partial charge is 0.341 e. The molecule has 0 aliphatic rings. The monoisotopic (exact) mass is 426 g/mol. The van der Waals surface area contributed by atoms with Crippen LogP contribution in [0.3, 0.4) is 0 Å². The lowest BCUT2D eigenvalue weighted by Crippen LogP contribution is -2.07. The summed E-state index contributed by atoms with van der Waals surface area (Å²) in [6, 6.07) is 10.1. The van der Waals surface area contributed by atoms with Crippen LogP contribution in [-0.4, -0.2) is 32.1 Å². The Balaban J connectivity index is 1.76. The van der Waals surface area contributed by atoms with Gasteiger partial charge in [0.2, 0.25) is 0 Å². The number of benzene rings is 2. The minimum absolute atomic E-state index is 0.301. The molecular weight excluding hydrogens is 407 g/mol. The topological polar surface area (TPSA) is 61.9 Å². The van der Waals surface area contributed by atoms with Crippen molar-refractivity contribution in [2.75, 3.05) is 6.61 Å². The average Bonchev–Trinajstić information content (AvgIpc) is 3.20. The van der Waals surface area contributed by atoms with Crippen LogP contribution in [0.15, 0.2) is 42.6 Å². The summed E-state index contributed by atoms with van der Waals surface area (Å²) in [5.74, 6) is -0.770. The van der Waals surface area contributed by atoms with Crippen LogP contribution in [-0.2, 0) is 11.3 Å². The maximum Gasteiger partial charge on any atom is 0.341 e. The molecule has 0 saturated heterocycles. The lowest BCUT2D eigenvalue weighted by atomic mass is 10.2. The molecule has 6 nitrogen and oxygen atoms in total. The second-order valence-electron chi connectivity index (χ2n) is 6.99. The zero-order valence-electron chi connectivity index (χ0n) is 16.8. The number of rotatable bonds is 5. The van der Waals surface area contributed by atoms with Gasteiger partial charge in [0, 0.05) is 16.6 Å². The molecule has 0 bridgehead atoms. The van der Waals surface area contributed by atoms with Crippen molar-refractivity contribution >= 4 is 28.5 Å². The van der Waals surface area contributed by atoms with Gasteiger partial charge in [0.15, 0.2) is 0 Å². The Hall–Kier alpha value is -3.19. The highest BCUT2D eigenvalue weighted by atomic mass is 35.5. The molecule has 4 rings (SSSR count). The molecule has 0 spiro atoms. The average molecular weight is 427 g/mol. The largest absolute Gasteiger partial charge is 0.462 e. The third-order valence-electron chi connectivity index (χ3n) is 4.84. The number of carbonyl (C=O) groups excluding carboxylic acids is 1. The number of ether oxygens (including phenoxy) is 1. The predicted octanol–water partition coefficient (Wildman–Crippen LogP) is 4.86. The van der Waals surface area contributed by atoms with Crippen molar-refractivity contribution in [2.24, 2.45) is 0 Å². The Morgan fingerprint density at radius 3 is 2.73 bits per heavy atom. The first-order valence-corrected chi connectivity index (χ1v) is 9.90. The van der Waals surface area contributed by atoms with Gasteiger partial charge in [-0.3, -0.25) is 4.68 Å². The number of nitrogens with zero attached hydrogens (tertiary/aromatic N) is 4. The quantitative estimate of drug-likeness (QED) is 0.428. The number of halogens is 2. The molecule has 2 aromatic carbocycles. The van der Waals surface area contributed by atoms with Crippen LogP contribution < -0.4 is 0 Å². The molecule has 154 valence electrons. The van der Waals surface area contributed by atoms with E-state index in [0.29, 0.717) is 40.7 Å². The summed E-state index contributed by atoms with van der Waals surface area (Å²) in [4.78, 5) is 12.3. The van der Waals surface area contributed by atoms with Crippen molar-refractivity contribution in [1.82, 2.24) is 19.6 Å². The van der Waals surface area contributed by atoms with E-state index in [-0.39, 0.29) is 11.8 Å². The van der Waals surface area contributed by atoms with Gasteiger partial charge < -0.3 is 4.74 Å². The van der Waals surface area contributed by atoms with Crippen LogP contribution in [0.2, 0.25) is 5.02 Å². The molecule has 0 saturated carbocycles. The summed E-state index contributed by atoms with van der Waals surface area (Å²) in [5.41, 5.74) is 4.04. The van der Waals surface area contributed by atoms with Crippen LogP contribution in [0, 0.1) is 19.7 Å². The molecule has 0 aliphatic carbocycles. The van der Waals surface area contributed by atoms with Crippen LogP contribution >= 0.6 is 11.6 Å². The van der Waals surface area contributed by atoms with E-state index in [4.69, 9.17) is 16.3 Å². The lowest BCUT2D eigenvalue weighted by molar-refractivity contribution is 0.0524. The molecule has 0 amide bonds. The highest BCUT2D eigenvalue weighted by molar-refractivity contribution is 6.30. The number of aromatic nitrogens is 4. The van der Waals surface area contributed by atoms with Gasteiger partial charge in [0.1, 0.15) is 11.4 Å². The first-order chi connectivity index (χ1) is 14.4. The fraction of sp³-hybridized carbons (Fsp3) is 0.227. The standard InChI is InChI=1S/C22H20ClFN4O2/c1-4-30-22(29)21-13(2)25-28(14(21)3)20-7-5-6-19-18(20)12-27(26-19)11-15-8-16(23)10-17(24)9-15/h5-10,12H,4,11H2,1-3H3. The molecule has 0 unspecified atom stereocenters. The summed E-state index contributed by atoms with van der Waals surface area (Å²) in [7, 11) is 0. The van der Waals surface area contributed by atoms with E-state index in [9.17, 15) is 9.18 Å². The number of hydrogen-bond acceptors (Lipinski definition) is 4. The van der Waals surface area contributed by atoms with Gasteiger partial charge in [0.25, 0.3) is 0 Å². The molecule has 0 fully saturated rings. The molecule has 30 heavy (non-hydrogen) atoms. The van der Waals surface area contributed by atoms with E-state index < -0.39 is 0 Å². The molecule has 8 heteroatoms. The lowest BCUT2D eigenvalue weighted by Gasteiger charge is -2.06. The molecule has 0 radical (unpaired) electrons. The number of hydrogen-bond donors (Lipinski definition) is 0. The Kier molecular flexibility index (Phi) is 5.30.